The van der Waals surface area contributed by atoms with Gasteiger partial charge in [0.1, 0.15) is 5.75 Å². The summed E-state index contributed by atoms with van der Waals surface area (Å²) >= 11 is 3.61. The highest BCUT2D eigenvalue weighted by atomic mass is 79.9. The van der Waals surface area contributed by atoms with Gasteiger partial charge < -0.3 is 10.5 Å². The Kier molecular flexibility index (Phi) is 4.37. The lowest BCUT2D eigenvalue weighted by atomic mass is 9.69. The zero-order valence-corrected chi connectivity index (χ0v) is 13.6. The third kappa shape index (κ3) is 3.04. The quantitative estimate of drug-likeness (QED) is 0.864. The Hall–Kier alpha value is -0.540. The van der Waals surface area contributed by atoms with Crippen molar-refractivity contribution in [1.82, 2.24) is 0 Å². The summed E-state index contributed by atoms with van der Waals surface area (Å²) in [5.41, 5.74) is 7.68. The predicted octanol–water partition coefficient (Wildman–Crippen LogP) is 4.40. The summed E-state index contributed by atoms with van der Waals surface area (Å²) < 4.78 is 7.05. The van der Waals surface area contributed by atoms with Crippen LogP contribution in [-0.4, -0.2) is 13.2 Å². The van der Waals surface area contributed by atoms with E-state index in [0.29, 0.717) is 0 Å². The number of hydrogen-bond acceptors (Lipinski definition) is 2. The highest BCUT2D eigenvalue weighted by Gasteiger charge is 2.33. The molecule has 0 radical (unpaired) electrons. The zero-order chi connectivity index (χ0) is 14.0. The van der Waals surface area contributed by atoms with E-state index in [4.69, 9.17) is 10.5 Å². The van der Waals surface area contributed by atoms with Gasteiger partial charge in [-0.1, -0.05) is 25.3 Å². The highest BCUT2D eigenvalue weighted by Crippen LogP contribution is 2.41. The van der Waals surface area contributed by atoms with Crippen molar-refractivity contribution in [2.24, 2.45) is 11.7 Å². The van der Waals surface area contributed by atoms with Crippen LogP contribution in [-0.2, 0) is 5.41 Å². The molecule has 110 valence electrons. The molecule has 0 saturated heterocycles. The molecule has 1 aromatic carbocycles. The maximum absolute atomic E-state index is 6.14. The summed E-state index contributed by atoms with van der Waals surface area (Å²) in [5.74, 6) is 1.77. The van der Waals surface area contributed by atoms with E-state index < -0.39 is 0 Å². The fourth-order valence-electron chi connectivity index (χ4n) is 3.28. The van der Waals surface area contributed by atoms with Crippen molar-refractivity contribution in [3.8, 4) is 5.75 Å². The second-order valence-electron chi connectivity index (χ2n) is 6.44. The molecule has 2 fully saturated rings. The van der Waals surface area contributed by atoms with Gasteiger partial charge in [-0.2, -0.15) is 0 Å². The van der Waals surface area contributed by atoms with Crippen LogP contribution in [0.15, 0.2) is 22.7 Å². The number of nitrogens with two attached hydrogens (primary N) is 1. The third-order valence-electron chi connectivity index (χ3n) is 4.92. The molecule has 2 aliphatic rings. The smallest absolute Gasteiger partial charge is 0.133 e. The van der Waals surface area contributed by atoms with Crippen LogP contribution in [0.5, 0.6) is 5.75 Å². The number of ether oxygens (including phenoxy) is 1. The van der Waals surface area contributed by atoms with Gasteiger partial charge in [0.2, 0.25) is 0 Å². The fraction of sp³-hybridized carbons (Fsp3) is 0.647. The standard InChI is InChI=1S/C17H24BrNO/c18-15-7-6-14(10-16(15)20-11-13-4-5-13)17(12-19)8-2-1-3-9-17/h6-7,10,13H,1-5,8-9,11-12,19H2. The van der Waals surface area contributed by atoms with E-state index in [1.165, 1.54) is 50.5 Å². The topological polar surface area (TPSA) is 35.2 Å². The lowest BCUT2D eigenvalue weighted by molar-refractivity contribution is 0.287. The summed E-state index contributed by atoms with van der Waals surface area (Å²) in [7, 11) is 0. The minimum atomic E-state index is 0.177. The first-order chi connectivity index (χ1) is 9.73. The maximum Gasteiger partial charge on any atom is 0.133 e. The molecule has 0 aromatic heterocycles. The van der Waals surface area contributed by atoms with Crippen molar-refractivity contribution in [2.75, 3.05) is 13.2 Å². The van der Waals surface area contributed by atoms with Gasteiger partial charge >= 0.3 is 0 Å². The van der Waals surface area contributed by atoms with Gasteiger partial charge in [0.15, 0.2) is 0 Å². The third-order valence-corrected chi connectivity index (χ3v) is 5.57. The Morgan fingerprint density at radius 1 is 1.20 bits per heavy atom. The first-order valence-electron chi connectivity index (χ1n) is 7.86. The lowest BCUT2D eigenvalue weighted by Crippen LogP contribution is -2.37. The van der Waals surface area contributed by atoms with Gasteiger partial charge in [-0.15, -0.1) is 0 Å². The molecular formula is C17H24BrNO. The van der Waals surface area contributed by atoms with E-state index >= 15 is 0 Å². The van der Waals surface area contributed by atoms with Crippen molar-refractivity contribution >= 4 is 15.9 Å². The molecule has 0 unspecified atom stereocenters. The van der Waals surface area contributed by atoms with Gasteiger partial charge in [-0.25, -0.2) is 0 Å². The predicted molar refractivity (Wildman–Crippen MR) is 86.2 cm³/mol. The molecule has 1 aromatic rings. The molecule has 2 saturated carbocycles. The summed E-state index contributed by atoms with van der Waals surface area (Å²) in [4.78, 5) is 0. The Balaban J connectivity index is 1.82. The van der Waals surface area contributed by atoms with Crippen LogP contribution in [0.4, 0.5) is 0 Å². The monoisotopic (exact) mass is 337 g/mol. The molecule has 3 rings (SSSR count). The van der Waals surface area contributed by atoms with Gasteiger partial charge in [-0.3, -0.25) is 0 Å². The summed E-state index contributed by atoms with van der Waals surface area (Å²) in [6.45, 7) is 1.61. The van der Waals surface area contributed by atoms with Gasteiger partial charge in [0.05, 0.1) is 11.1 Å². The first kappa shape index (κ1) is 14.4. The van der Waals surface area contributed by atoms with Gasteiger partial charge in [-0.05, 0) is 65.2 Å². The van der Waals surface area contributed by atoms with Crippen LogP contribution in [0.1, 0.15) is 50.5 Å². The summed E-state index contributed by atoms with van der Waals surface area (Å²) in [5, 5.41) is 0. The first-order valence-corrected chi connectivity index (χ1v) is 8.66. The van der Waals surface area contributed by atoms with E-state index in [0.717, 1.165) is 29.3 Å². The fourth-order valence-corrected chi connectivity index (χ4v) is 3.64. The van der Waals surface area contributed by atoms with Crippen LogP contribution in [0, 0.1) is 5.92 Å². The van der Waals surface area contributed by atoms with E-state index in [-0.39, 0.29) is 5.41 Å². The number of rotatable bonds is 5. The largest absolute Gasteiger partial charge is 0.492 e. The van der Waals surface area contributed by atoms with Crippen LogP contribution in [0.3, 0.4) is 0 Å². The highest BCUT2D eigenvalue weighted by molar-refractivity contribution is 9.10. The molecule has 0 aliphatic heterocycles. The van der Waals surface area contributed by atoms with Gasteiger partial charge in [0, 0.05) is 12.0 Å². The van der Waals surface area contributed by atoms with Crippen LogP contribution >= 0.6 is 15.9 Å². The van der Waals surface area contributed by atoms with E-state index in [9.17, 15) is 0 Å². The lowest BCUT2D eigenvalue weighted by Gasteiger charge is -2.37. The normalized spacial score (nSPS) is 21.7. The molecule has 2 aliphatic carbocycles. The second kappa shape index (κ2) is 6.07. The molecule has 2 nitrogen and oxygen atoms in total. The van der Waals surface area contributed by atoms with Crippen molar-refractivity contribution < 1.29 is 4.74 Å². The molecular weight excluding hydrogens is 314 g/mol. The minimum absolute atomic E-state index is 0.177. The molecule has 0 heterocycles. The molecule has 20 heavy (non-hydrogen) atoms. The molecule has 3 heteroatoms. The number of hydrogen-bond donors (Lipinski definition) is 1. The average Bonchev–Trinajstić information content (AvgIpc) is 3.31. The van der Waals surface area contributed by atoms with Crippen molar-refractivity contribution in [3.63, 3.8) is 0 Å². The summed E-state index contributed by atoms with van der Waals surface area (Å²) in [6, 6.07) is 6.58. The second-order valence-corrected chi connectivity index (χ2v) is 7.30. The van der Waals surface area contributed by atoms with E-state index in [1.54, 1.807) is 0 Å². The van der Waals surface area contributed by atoms with Crippen molar-refractivity contribution in [3.05, 3.63) is 28.2 Å². The molecule has 0 atom stereocenters. The summed E-state index contributed by atoms with van der Waals surface area (Å²) in [6.07, 6.45) is 9.02. The van der Waals surface area contributed by atoms with Crippen molar-refractivity contribution in [2.45, 2.75) is 50.4 Å². The Bertz CT molecular complexity index is 464. The Morgan fingerprint density at radius 3 is 2.60 bits per heavy atom. The van der Waals surface area contributed by atoms with Crippen LogP contribution in [0.2, 0.25) is 0 Å². The van der Waals surface area contributed by atoms with E-state index in [2.05, 4.69) is 34.1 Å². The Morgan fingerprint density at radius 2 is 1.95 bits per heavy atom. The maximum atomic E-state index is 6.14. The SMILES string of the molecule is NCC1(c2ccc(Br)c(OCC3CC3)c2)CCCCC1. The number of halogens is 1. The molecule has 0 bridgehead atoms. The van der Waals surface area contributed by atoms with Gasteiger partial charge in [0.25, 0.3) is 0 Å². The Labute approximate surface area is 130 Å². The average molecular weight is 338 g/mol. The minimum Gasteiger partial charge on any atom is -0.492 e. The zero-order valence-electron chi connectivity index (χ0n) is 12.0. The number of benzene rings is 1. The molecule has 2 N–H and O–H groups in total. The van der Waals surface area contributed by atoms with Crippen molar-refractivity contribution in [1.29, 1.82) is 0 Å². The van der Waals surface area contributed by atoms with Crippen LogP contribution in [0.25, 0.3) is 0 Å². The molecule has 0 amide bonds. The van der Waals surface area contributed by atoms with Crippen LogP contribution < -0.4 is 10.5 Å². The molecule has 0 spiro atoms. The van der Waals surface area contributed by atoms with E-state index in [1.807, 2.05) is 0 Å².